The molecule has 0 aliphatic carbocycles. The fraction of sp³-hybridized carbons (Fsp3) is 0.333. The summed E-state index contributed by atoms with van der Waals surface area (Å²) in [6.07, 6.45) is 2.14. The van der Waals surface area contributed by atoms with Crippen LogP contribution in [0.3, 0.4) is 0 Å². The van der Waals surface area contributed by atoms with Gasteiger partial charge in [-0.1, -0.05) is 13.0 Å². The molecule has 0 fully saturated rings. The Labute approximate surface area is 117 Å². The molecule has 0 saturated carbocycles. The molecule has 108 valence electrons. The van der Waals surface area contributed by atoms with Gasteiger partial charge in [0.05, 0.1) is 7.11 Å². The number of aliphatic carboxylic acids is 1. The molecule has 0 spiro atoms. The third-order valence-electron chi connectivity index (χ3n) is 3.00. The van der Waals surface area contributed by atoms with Crippen LogP contribution in [0.1, 0.15) is 36.2 Å². The number of allylic oxidation sites excluding steroid dienone is 1. The topological polar surface area (TPSA) is 83.8 Å². The van der Waals surface area contributed by atoms with E-state index in [0.717, 1.165) is 0 Å². The second-order valence-corrected chi connectivity index (χ2v) is 4.33. The van der Waals surface area contributed by atoms with Crippen LogP contribution in [0.25, 0.3) is 0 Å². The first kappa shape index (κ1) is 15.8. The zero-order valence-corrected chi connectivity index (χ0v) is 11.8. The van der Waals surface area contributed by atoms with Crippen LogP contribution in [0.2, 0.25) is 0 Å². The number of aromatic hydroxyl groups is 1. The monoisotopic (exact) mass is 278 g/mol. The van der Waals surface area contributed by atoms with E-state index in [1.165, 1.54) is 26.2 Å². The first-order valence-electron chi connectivity index (χ1n) is 6.23. The van der Waals surface area contributed by atoms with Gasteiger partial charge in [0.15, 0.2) is 17.3 Å². The second-order valence-electron chi connectivity index (χ2n) is 4.33. The molecule has 0 aromatic heterocycles. The molecule has 0 saturated heterocycles. The van der Waals surface area contributed by atoms with Crippen LogP contribution in [-0.2, 0) is 11.2 Å². The highest BCUT2D eigenvalue weighted by molar-refractivity contribution is 5.95. The lowest BCUT2D eigenvalue weighted by molar-refractivity contribution is -0.132. The number of rotatable bonds is 6. The minimum absolute atomic E-state index is 0.0745. The van der Waals surface area contributed by atoms with E-state index < -0.39 is 5.97 Å². The van der Waals surface area contributed by atoms with Crippen molar-refractivity contribution in [1.82, 2.24) is 0 Å². The van der Waals surface area contributed by atoms with Crippen LogP contribution >= 0.6 is 0 Å². The molecule has 0 bridgehead atoms. The maximum Gasteiger partial charge on any atom is 0.331 e. The van der Waals surface area contributed by atoms with Crippen molar-refractivity contribution in [1.29, 1.82) is 0 Å². The Bertz CT molecular complexity index is 558. The largest absolute Gasteiger partial charge is 0.504 e. The molecule has 0 unspecified atom stereocenters. The van der Waals surface area contributed by atoms with Gasteiger partial charge in [-0.15, -0.1) is 0 Å². The van der Waals surface area contributed by atoms with Crippen molar-refractivity contribution in [2.75, 3.05) is 7.11 Å². The molecule has 0 amide bonds. The van der Waals surface area contributed by atoms with Crippen LogP contribution < -0.4 is 4.74 Å². The smallest absolute Gasteiger partial charge is 0.331 e. The van der Waals surface area contributed by atoms with Crippen LogP contribution in [0, 0.1) is 0 Å². The molecule has 1 rings (SSSR count). The van der Waals surface area contributed by atoms with E-state index in [-0.39, 0.29) is 29.3 Å². The Balaban J connectivity index is 3.20. The average molecular weight is 278 g/mol. The average Bonchev–Trinajstić information content (AvgIpc) is 2.40. The van der Waals surface area contributed by atoms with Crippen LogP contribution in [0.5, 0.6) is 11.5 Å². The van der Waals surface area contributed by atoms with E-state index in [1.54, 1.807) is 13.0 Å². The number of benzene rings is 1. The third kappa shape index (κ3) is 3.60. The van der Waals surface area contributed by atoms with E-state index in [1.807, 2.05) is 0 Å². The van der Waals surface area contributed by atoms with Crippen molar-refractivity contribution in [3.05, 3.63) is 34.9 Å². The van der Waals surface area contributed by atoms with Crippen LogP contribution in [0.15, 0.2) is 23.8 Å². The second kappa shape index (κ2) is 6.75. The van der Waals surface area contributed by atoms with Crippen LogP contribution in [0.4, 0.5) is 0 Å². The molecule has 5 nitrogen and oxygen atoms in total. The summed E-state index contributed by atoms with van der Waals surface area (Å²) in [6.45, 7) is 3.16. The number of carboxylic acid groups (broad SMARTS) is 1. The zero-order valence-electron chi connectivity index (χ0n) is 11.8. The molecule has 1 aromatic carbocycles. The molecular weight excluding hydrogens is 260 g/mol. The van der Waals surface area contributed by atoms with E-state index in [2.05, 4.69) is 0 Å². The highest BCUT2D eigenvalue weighted by Gasteiger charge is 2.13. The summed E-state index contributed by atoms with van der Waals surface area (Å²) in [7, 11) is 1.40. The SMILES string of the molecule is CC/C(=C\Cc1cc(C(C)=O)cc(OC)c1O)C(=O)O. The number of ketones is 1. The molecule has 0 radical (unpaired) electrons. The number of hydrogen-bond acceptors (Lipinski definition) is 4. The molecule has 5 heteroatoms. The number of ether oxygens (including phenoxy) is 1. The molecule has 0 aliphatic rings. The maximum atomic E-state index is 11.4. The molecule has 0 aliphatic heterocycles. The normalized spacial score (nSPS) is 11.2. The van der Waals surface area contributed by atoms with Crippen molar-refractivity contribution in [2.24, 2.45) is 0 Å². The van der Waals surface area contributed by atoms with Gasteiger partial charge in [0.2, 0.25) is 0 Å². The van der Waals surface area contributed by atoms with Gasteiger partial charge >= 0.3 is 5.97 Å². The fourth-order valence-corrected chi connectivity index (χ4v) is 1.80. The third-order valence-corrected chi connectivity index (χ3v) is 3.00. The summed E-state index contributed by atoms with van der Waals surface area (Å²) in [5.74, 6) is -1.01. The Morgan fingerprint density at radius 3 is 2.45 bits per heavy atom. The minimum atomic E-state index is -0.985. The van der Waals surface area contributed by atoms with Crippen molar-refractivity contribution >= 4 is 11.8 Å². The van der Waals surface area contributed by atoms with Gasteiger partial charge in [-0.3, -0.25) is 4.79 Å². The number of hydrogen-bond donors (Lipinski definition) is 2. The minimum Gasteiger partial charge on any atom is -0.504 e. The first-order chi connectivity index (χ1) is 9.40. The Morgan fingerprint density at radius 2 is 2.00 bits per heavy atom. The van der Waals surface area contributed by atoms with Gasteiger partial charge in [0, 0.05) is 16.7 Å². The quantitative estimate of drug-likeness (QED) is 0.617. The Kier molecular flexibility index (Phi) is 5.32. The van der Waals surface area contributed by atoms with Gasteiger partial charge in [-0.05, 0) is 31.9 Å². The first-order valence-corrected chi connectivity index (χ1v) is 6.23. The molecule has 20 heavy (non-hydrogen) atoms. The molecule has 2 N–H and O–H groups in total. The van der Waals surface area contributed by atoms with Crippen molar-refractivity contribution < 1.29 is 24.5 Å². The van der Waals surface area contributed by atoms with Gasteiger partial charge < -0.3 is 14.9 Å². The standard InChI is InChI=1S/C15H18O5/c1-4-10(15(18)19)5-6-11-7-12(9(2)16)8-13(20-3)14(11)17/h5,7-8,17H,4,6H2,1-3H3,(H,18,19)/b10-5+. The highest BCUT2D eigenvalue weighted by Crippen LogP contribution is 2.32. The lowest BCUT2D eigenvalue weighted by Crippen LogP contribution is -2.01. The van der Waals surface area contributed by atoms with E-state index in [4.69, 9.17) is 9.84 Å². The number of phenolic OH excluding ortho intramolecular Hbond substituents is 1. The Morgan fingerprint density at radius 1 is 1.35 bits per heavy atom. The number of carbonyl (C=O) groups is 2. The summed E-state index contributed by atoms with van der Waals surface area (Å²) in [5, 5.41) is 19.0. The fourth-order valence-electron chi connectivity index (χ4n) is 1.80. The lowest BCUT2D eigenvalue weighted by Gasteiger charge is -2.10. The Hall–Kier alpha value is -2.30. The summed E-state index contributed by atoms with van der Waals surface area (Å²) < 4.78 is 5.02. The molecule has 0 heterocycles. The number of methoxy groups -OCH3 is 1. The van der Waals surface area contributed by atoms with Gasteiger partial charge in [0.25, 0.3) is 0 Å². The van der Waals surface area contributed by atoms with E-state index in [9.17, 15) is 14.7 Å². The number of Topliss-reactive ketones (excluding diaryl/α,β-unsaturated/α-hetero) is 1. The predicted octanol–water partition coefficient (Wildman–Crippen LogP) is 2.57. The predicted molar refractivity (Wildman–Crippen MR) is 74.4 cm³/mol. The summed E-state index contributed by atoms with van der Waals surface area (Å²) in [6, 6.07) is 3.01. The van der Waals surface area contributed by atoms with Crippen molar-refractivity contribution in [3.8, 4) is 11.5 Å². The number of phenols is 1. The number of carboxylic acids is 1. The number of carbonyl (C=O) groups excluding carboxylic acids is 1. The van der Waals surface area contributed by atoms with Crippen LogP contribution in [-0.4, -0.2) is 29.1 Å². The van der Waals surface area contributed by atoms with E-state index >= 15 is 0 Å². The molecule has 1 aromatic rings. The van der Waals surface area contributed by atoms with Crippen molar-refractivity contribution in [2.45, 2.75) is 26.7 Å². The van der Waals surface area contributed by atoms with Gasteiger partial charge in [-0.25, -0.2) is 4.79 Å². The maximum absolute atomic E-state index is 11.4. The lowest BCUT2D eigenvalue weighted by atomic mass is 10.0. The van der Waals surface area contributed by atoms with Gasteiger partial charge in [-0.2, -0.15) is 0 Å². The summed E-state index contributed by atoms with van der Waals surface area (Å²) >= 11 is 0. The molecule has 0 atom stereocenters. The highest BCUT2D eigenvalue weighted by atomic mass is 16.5. The summed E-state index contributed by atoms with van der Waals surface area (Å²) in [4.78, 5) is 22.4. The van der Waals surface area contributed by atoms with E-state index in [0.29, 0.717) is 17.5 Å². The molecular formula is C15H18O5. The summed E-state index contributed by atoms with van der Waals surface area (Å²) in [5.41, 5.74) is 1.13. The van der Waals surface area contributed by atoms with Gasteiger partial charge in [0.1, 0.15) is 0 Å². The van der Waals surface area contributed by atoms with Crippen molar-refractivity contribution in [3.63, 3.8) is 0 Å². The zero-order chi connectivity index (χ0) is 15.3.